The van der Waals surface area contributed by atoms with Crippen LogP contribution in [0.2, 0.25) is 0 Å². The molecule has 0 saturated carbocycles. The van der Waals surface area contributed by atoms with Crippen LogP contribution in [0.1, 0.15) is 12.6 Å². The lowest BCUT2D eigenvalue weighted by atomic mass is 10.0. The van der Waals surface area contributed by atoms with Crippen molar-refractivity contribution < 1.29 is 23.0 Å². The van der Waals surface area contributed by atoms with E-state index in [1.807, 2.05) is 0 Å². The molecular formula is C10H12F3N3O3. The lowest BCUT2D eigenvalue weighted by Crippen LogP contribution is -2.32. The summed E-state index contributed by atoms with van der Waals surface area (Å²) in [6.45, 7) is -0.766. The van der Waals surface area contributed by atoms with Gasteiger partial charge in [-0.25, -0.2) is 4.79 Å². The number of hydrogen-bond donors (Lipinski definition) is 2. The first-order valence-electron chi connectivity index (χ1n) is 5.50. The smallest absolute Gasteiger partial charge is 0.394 e. The molecule has 1 aliphatic rings. The maximum absolute atomic E-state index is 12.7. The molecule has 9 heteroatoms. The molecule has 0 aliphatic carbocycles. The third-order valence-electron chi connectivity index (χ3n) is 3.00. The molecular weight excluding hydrogens is 267 g/mol. The standard InChI is InChI=1S/C10H12F3N3O3/c11-10(12,13)5-3-8(19-6(5)4-17)16-2-1-7(14)15-9(16)18/h1-2,5-6,8,17H,3-4H2,(H2,14,15,18)/t5-,6+,8+/m0/s1. The first-order chi connectivity index (χ1) is 8.82. The first-order valence-corrected chi connectivity index (χ1v) is 5.50. The SMILES string of the molecule is Nc1ccn([C@H]2C[C@H](C(F)(F)F)[C@@H](CO)O2)c(=O)n1. The Morgan fingerprint density at radius 3 is 2.74 bits per heavy atom. The van der Waals surface area contributed by atoms with Crippen LogP contribution in [0.4, 0.5) is 19.0 Å². The van der Waals surface area contributed by atoms with Gasteiger partial charge in [-0.1, -0.05) is 0 Å². The summed E-state index contributed by atoms with van der Waals surface area (Å²) in [5.74, 6) is -1.84. The number of aliphatic hydroxyl groups is 1. The molecule has 1 saturated heterocycles. The van der Waals surface area contributed by atoms with Crippen LogP contribution in [0.5, 0.6) is 0 Å². The van der Waals surface area contributed by atoms with Gasteiger partial charge < -0.3 is 15.6 Å². The molecule has 1 aliphatic heterocycles. The van der Waals surface area contributed by atoms with Gasteiger partial charge in [-0.2, -0.15) is 18.2 Å². The van der Waals surface area contributed by atoms with Crippen molar-refractivity contribution in [2.45, 2.75) is 24.9 Å². The van der Waals surface area contributed by atoms with E-state index in [0.717, 1.165) is 4.57 Å². The van der Waals surface area contributed by atoms with Gasteiger partial charge >= 0.3 is 11.9 Å². The summed E-state index contributed by atoms with van der Waals surface area (Å²) in [4.78, 5) is 14.9. The van der Waals surface area contributed by atoms with Gasteiger partial charge in [-0.05, 0) is 6.07 Å². The fraction of sp³-hybridized carbons (Fsp3) is 0.600. The minimum absolute atomic E-state index is 0.0228. The second-order valence-corrected chi connectivity index (χ2v) is 4.24. The van der Waals surface area contributed by atoms with Crippen LogP contribution in [0.25, 0.3) is 0 Å². The third-order valence-corrected chi connectivity index (χ3v) is 3.00. The van der Waals surface area contributed by atoms with E-state index in [2.05, 4.69) is 4.98 Å². The Labute approximate surface area is 105 Å². The molecule has 0 radical (unpaired) electrons. The summed E-state index contributed by atoms with van der Waals surface area (Å²) in [5.41, 5.74) is 4.50. The quantitative estimate of drug-likeness (QED) is 0.811. The molecule has 1 aromatic rings. The summed E-state index contributed by atoms with van der Waals surface area (Å²) in [6.07, 6.45) is -6.20. The maximum Gasteiger partial charge on any atom is 0.394 e. The number of ether oxygens (including phenoxy) is 1. The molecule has 0 aromatic carbocycles. The number of aromatic nitrogens is 2. The van der Waals surface area contributed by atoms with Crippen molar-refractivity contribution >= 4 is 5.82 Å². The predicted molar refractivity (Wildman–Crippen MR) is 58.1 cm³/mol. The van der Waals surface area contributed by atoms with Gasteiger partial charge in [-0.3, -0.25) is 4.57 Å². The van der Waals surface area contributed by atoms with E-state index in [1.165, 1.54) is 12.3 Å². The molecule has 3 N–H and O–H groups in total. The van der Waals surface area contributed by atoms with E-state index in [0.29, 0.717) is 0 Å². The van der Waals surface area contributed by atoms with Gasteiger partial charge in [0.05, 0.1) is 18.6 Å². The van der Waals surface area contributed by atoms with Gasteiger partial charge in [0, 0.05) is 12.6 Å². The predicted octanol–water partition coefficient (Wildman–Crippen LogP) is 0.284. The summed E-state index contributed by atoms with van der Waals surface area (Å²) in [6, 6.07) is 1.29. The fourth-order valence-electron chi connectivity index (χ4n) is 2.06. The molecule has 0 unspecified atom stereocenters. The van der Waals surface area contributed by atoms with Crippen LogP contribution in [0, 0.1) is 5.92 Å². The number of nitrogen functional groups attached to an aromatic ring is 1. The van der Waals surface area contributed by atoms with Gasteiger partial charge in [-0.15, -0.1) is 0 Å². The number of hydrogen-bond acceptors (Lipinski definition) is 5. The van der Waals surface area contributed by atoms with Gasteiger partial charge in [0.15, 0.2) is 0 Å². The highest BCUT2D eigenvalue weighted by Gasteiger charge is 2.51. The number of halogens is 3. The van der Waals surface area contributed by atoms with Crippen molar-refractivity contribution in [2.75, 3.05) is 12.3 Å². The average Bonchev–Trinajstić information content (AvgIpc) is 2.72. The molecule has 0 bridgehead atoms. The zero-order valence-corrected chi connectivity index (χ0v) is 9.67. The van der Waals surface area contributed by atoms with Crippen molar-refractivity contribution in [1.82, 2.24) is 9.55 Å². The van der Waals surface area contributed by atoms with Crippen molar-refractivity contribution in [1.29, 1.82) is 0 Å². The lowest BCUT2D eigenvalue weighted by molar-refractivity contribution is -0.190. The van der Waals surface area contributed by atoms with Crippen LogP contribution >= 0.6 is 0 Å². The van der Waals surface area contributed by atoms with Gasteiger partial charge in [0.2, 0.25) is 0 Å². The zero-order valence-electron chi connectivity index (χ0n) is 9.67. The Balaban J connectivity index is 2.27. The Morgan fingerprint density at radius 1 is 1.58 bits per heavy atom. The van der Waals surface area contributed by atoms with Crippen LogP contribution in [-0.2, 0) is 4.74 Å². The monoisotopic (exact) mass is 279 g/mol. The fourth-order valence-corrected chi connectivity index (χ4v) is 2.06. The third kappa shape index (κ3) is 2.71. The molecule has 1 aromatic heterocycles. The lowest BCUT2D eigenvalue weighted by Gasteiger charge is -2.18. The number of rotatable bonds is 2. The van der Waals surface area contributed by atoms with Crippen molar-refractivity contribution in [3.8, 4) is 0 Å². The van der Waals surface area contributed by atoms with E-state index in [-0.39, 0.29) is 5.82 Å². The number of aliphatic hydroxyl groups excluding tert-OH is 1. The van der Waals surface area contributed by atoms with E-state index in [4.69, 9.17) is 15.6 Å². The Bertz CT molecular complexity index is 517. The van der Waals surface area contributed by atoms with Gasteiger partial charge in [0.1, 0.15) is 12.0 Å². The van der Waals surface area contributed by atoms with E-state index >= 15 is 0 Å². The van der Waals surface area contributed by atoms with Crippen LogP contribution in [-0.4, -0.2) is 33.5 Å². The normalized spacial score (nSPS) is 27.7. The van der Waals surface area contributed by atoms with Crippen LogP contribution in [0.3, 0.4) is 0 Å². The molecule has 19 heavy (non-hydrogen) atoms. The minimum Gasteiger partial charge on any atom is -0.394 e. The summed E-state index contributed by atoms with van der Waals surface area (Å²) in [5, 5.41) is 8.93. The second kappa shape index (κ2) is 4.82. The zero-order chi connectivity index (χ0) is 14.2. The maximum atomic E-state index is 12.7. The molecule has 3 atom stereocenters. The Morgan fingerprint density at radius 2 is 2.26 bits per heavy atom. The summed E-state index contributed by atoms with van der Waals surface area (Å²) in [7, 11) is 0. The molecule has 1 fully saturated rings. The average molecular weight is 279 g/mol. The second-order valence-electron chi connectivity index (χ2n) is 4.24. The van der Waals surface area contributed by atoms with Crippen molar-refractivity contribution in [3.05, 3.63) is 22.7 Å². The molecule has 2 heterocycles. The molecule has 106 valence electrons. The number of alkyl halides is 3. The molecule has 2 rings (SSSR count). The molecule has 6 nitrogen and oxygen atoms in total. The highest BCUT2D eigenvalue weighted by molar-refractivity contribution is 5.23. The largest absolute Gasteiger partial charge is 0.394 e. The van der Waals surface area contributed by atoms with Crippen molar-refractivity contribution in [3.63, 3.8) is 0 Å². The summed E-state index contributed by atoms with van der Waals surface area (Å²) >= 11 is 0. The topological polar surface area (TPSA) is 90.4 Å². The molecule has 0 spiro atoms. The first kappa shape index (κ1) is 13.8. The van der Waals surface area contributed by atoms with E-state index in [1.54, 1.807) is 0 Å². The van der Waals surface area contributed by atoms with E-state index < -0.39 is 43.1 Å². The number of anilines is 1. The van der Waals surface area contributed by atoms with Crippen molar-refractivity contribution in [2.24, 2.45) is 5.92 Å². The Kier molecular flexibility index (Phi) is 3.50. The summed E-state index contributed by atoms with van der Waals surface area (Å²) < 4.78 is 44.2. The van der Waals surface area contributed by atoms with E-state index in [9.17, 15) is 18.0 Å². The van der Waals surface area contributed by atoms with Crippen LogP contribution in [0.15, 0.2) is 17.1 Å². The highest BCUT2D eigenvalue weighted by atomic mass is 19.4. The van der Waals surface area contributed by atoms with Crippen LogP contribution < -0.4 is 11.4 Å². The molecule has 0 amide bonds. The minimum atomic E-state index is -4.49. The number of nitrogens with two attached hydrogens (primary N) is 1. The Hall–Kier alpha value is -1.61. The van der Waals surface area contributed by atoms with Gasteiger partial charge in [0.25, 0.3) is 0 Å². The number of nitrogens with zero attached hydrogens (tertiary/aromatic N) is 2. The highest BCUT2D eigenvalue weighted by Crippen LogP contribution is 2.42.